The van der Waals surface area contributed by atoms with Crippen LogP contribution in [0, 0.1) is 0 Å². The zero-order chi connectivity index (χ0) is 10.9. The van der Waals surface area contributed by atoms with Gasteiger partial charge in [-0.3, -0.25) is 4.57 Å². The molecule has 5 heteroatoms. The molecule has 80 valence electrons. The van der Waals surface area contributed by atoms with Crippen molar-refractivity contribution in [2.24, 2.45) is 0 Å². The molecule has 2 rings (SSSR count). The summed E-state index contributed by atoms with van der Waals surface area (Å²) in [5.74, 6) is 0. The van der Waals surface area contributed by atoms with Crippen molar-refractivity contribution in [2.45, 2.75) is 6.92 Å². The number of aromatic nitrogens is 1. The van der Waals surface area contributed by atoms with Gasteiger partial charge in [0, 0.05) is 10.9 Å². The first-order valence-corrected chi connectivity index (χ1v) is 6.27. The number of aromatic amines is 1. The number of benzene rings is 1. The molecule has 2 N–H and O–H groups in total. The zero-order valence-electron chi connectivity index (χ0n) is 8.30. The first-order valence-electron chi connectivity index (χ1n) is 4.69. The largest absolute Gasteiger partial charge is 0.374 e. The van der Waals surface area contributed by atoms with Gasteiger partial charge in [0.2, 0.25) is 0 Å². The minimum absolute atomic E-state index is 0.211. The first-order chi connectivity index (χ1) is 7.13. The number of hydrogen-bond acceptors (Lipinski definition) is 2. The van der Waals surface area contributed by atoms with E-state index in [-0.39, 0.29) is 12.0 Å². The lowest BCUT2D eigenvalue weighted by atomic mass is 10.3. The van der Waals surface area contributed by atoms with Gasteiger partial charge in [0.05, 0.1) is 6.61 Å². The lowest BCUT2D eigenvalue weighted by Crippen LogP contribution is -2.07. The Bertz CT molecular complexity index is 487. The van der Waals surface area contributed by atoms with E-state index < -0.39 is 7.60 Å². The second kappa shape index (κ2) is 3.81. The summed E-state index contributed by atoms with van der Waals surface area (Å²) in [4.78, 5) is 12.5. The number of rotatable bonds is 3. The molecule has 15 heavy (non-hydrogen) atoms. The highest BCUT2D eigenvalue weighted by atomic mass is 31.2. The number of nitrogens with one attached hydrogen (secondary N) is 1. The van der Waals surface area contributed by atoms with Crippen molar-refractivity contribution in [3.8, 4) is 0 Å². The Morgan fingerprint density at radius 2 is 2.20 bits per heavy atom. The van der Waals surface area contributed by atoms with Crippen LogP contribution in [0.2, 0.25) is 0 Å². The first kappa shape index (κ1) is 10.4. The van der Waals surface area contributed by atoms with Crippen LogP contribution in [-0.4, -0.2) is 16.5 Å². The maximum Gasteiger partial charge on any atom is 0.374 e. The average Bonchev–Trinajstić information content (AvgIpc) is 2.61. The summed E-state index contributed by atoms with van der Waals surface area (Å²) in [7, 11) is -3.67. The number of H-pyrrole nitrogens is 1. The minimum Gasteiger partial charge on any atom is -0.348 e. The molecule has 0 aliphatic heterocycles. The van der Waals surface area contributed by atoms with E-state index in [0.717, 1.165) is 10.9 Å². The van der Waals surface area contributed by atoms with Crippen LogP contribution in [-0.2, 0) is 9.09 Å². The van der Waals surface area contributed by atoms with Crippen molar-refractivity contribution < 1.29 is 14.0 Å². The van der Waals surface area contributed by atoms with Gasteiger partial charge in [0.1, 0.15) is 5.44 Å². The lowest BCUT2D eigenvalue weighted by molar-refractivity contribution is 0.283. The topological polar surface area (TPSA) is 62.3 Å². The molecule has 0 fully saturated rings. The molecular formula is C10H12NO3P. The molecule has 1 heterocycles. The van der Waals surface area contributed by atoms with Crippen molar-refractivity contribution in [1.82, 2.24) is 4.98 Å². The summed E-state index contributed by atoms with van der Waals surface area (Å²) in [6, 6.07) is 9.12. The second-order valence-electron chi connectivity index (χ2n) is 3.18. The van der Waals surface area contributed by atoms with Crippen molar-refractivity contribution in [2.75, 3.05) is 6.61 Å². The van der Waals surface area contributed by atoms with Gasteiger partial charge in [-0.2, -0.15) is 0 Å². The molecule has 0 aliphatic carbocycles. The minimum atomic E-state index is -3.67. The van der Waals surface area contributed by atoms with E-state index in [9.17, 15) is 9.46 Å². The number of fused-ring (bicyclic) bond motifs is 1. The monoisotopic (exact) mass is 225 g/mol. The van der Waals surface area contributed by atoms with Crippen LogP contribution >= 0.6 is 7.60 Å². The van der Waals surface area contributed by atoms with Crippen LogP contribution in [0.4, 0.5) is 0 Å². The molecule has 1 aromatic heterocycles. The van der Waals surface area contributed by atoms with Crippen LogP contribution in [0.15, 0.2) is 30.3 Å². The highest BCUT2D eigenvalue weighted by Crippen LogP contribution is 2.40. The summed E-state index contributed by atoms with van der Waals surface area (Å²) in [6.07, 6.45) is 0. The molecule has 1 atom stereocenters. The fourth-order valence-electron chi connectivity index (χ4n) is 1.45. The Balaban J connectivity index is 2.49. The molecule has 0 spiro atoms. The van der Waals surface area contributed by atoms with Gasteiger partial charge in [0.25, 0.3) is 0 Å². The molecule has 0 aliphatic rings. The highest BCUT2D eigenvalue weighted by Gasteiger charge is 2.23. The van der Waals surface area contributed by atoms with Crippen LogP contribution in [0.1, 0.15) is 6.92 Å². The van der Waals surface area contributed by atoms with Crippen molar-refractivity contribution in [3.05, 3.63) is 30.3 Å². The van der Waals surface area contributed by atoms with Gasteiger partial charge in [-0.1, -0.05) is 18.2 Å². The van der Waals surface area contributed by atoms with Crippen molar-refractivity contribution in [3.63, 3.8) is 0 Å². The SMILES string of the molecule is CCOP(=O)(O)c1cc2ccccc2[nH]1. The van der Waals surface area contributed by atoms with Crippen LogP contribution < -0.4 is 5.44 Å². The standard InChI is InChI=1S/C10H12NO3P/c1-2-14-15(12,13)10-7-8-5-3-4-6-9(8)11-10/h3-7,11H,2H2,1H3,(H,12,13). The normalized spacial score (nSPS) is 15.3. The van der Waals surface area contributed by atoms with Gasteiger partial charge in [-0.05, 0) is 19.1 Å². The van der Waals surface area contributed by atoms with E-state index in [2.05, 4.69) is 4.98 Å². The lowest BCUT2D eigenvalue weighted by Gasteiger charge is -2.07. The van der Waals surface area contributed by atoms with Crippen molar-refractivity contribution >= 4 is 23.9 Å². The summed E-state index contributed by atoms with van der Waals surface area (Å²) in [5, 5.41) is 0.904. The molecule has 2 aromatic rings. The van der Waals surface area contributed by atoms with E-state index in [4.69, 9.17) is 4.52 Å². The van der Waals surface area contributed by atoms with E-state index in [1.807, 2.05) is 24.3 Å². The number of para-hydroxylation sites is 1. The molecular weight excluding hydrogens is 213 g/mol. The Morgan fingerprint density at radius 3 is 2.87 bits per heavy atom. The van der Waals surface area contributed by atoms with Gasteiger partial charge in [-0.15, -0.1) is 0 Å². The highest BCUT2D eigenvalue weighted by molar-refractivity contribution is 7.61. The van der Waals surface area contributed by atoms with Gasteiger partial charge < -0.3 is 14.4 Å². The number of hydrogen-bond donors (Lipinski definition) is 2. The third-order valence-corrected chi connectivity index (χ3v) is 3.58. The predicted molar refractivity (Wildman–Crippen MR) is 59.4 cm³/mol. The van der Waals surface area contributed by atoms with Crippen molar-refractivity contribution in [1.29, 1.82) is 0 Å². The fraction of sp³-hybridized carbons (Fsp3) is 0.200. The molecule has 0 radical (unpaired) electrons. The molecule has 0 saturated heterocycles. The third-order valence-electron chi connectivity index (χ3n) is 2.12. The summed E-state index contributed by atoms with van der Waals surface area (Å²) in [6.45, 7) is 1.90. The Hall–Kier alpha value is -1.09. The Morgan fingerprint density at radius 1 is 1.47 bits per heavy atom. The van der Waals surface area contributed by atoms with Gasteiger partial charge in [0.15, 0.2) is 0 Å². The maximum atomic E-state index is 11.7. The average molecular weight is 225 g/mol. The van der Waals surface area contributed by atoms with E-state index in [1.54, 1.807) is 13.0 Å². The second-order valence-corrected chi connectivity index (χ2v) is 4.96. The van der Waals surface area contributed by atoms with E-state index in [0.29, 0.717) is 0 Å². The molecule has 4 nitrogen and oxygen atoms in total. The van der Waals surface area contributed by atoms with Gasteiger partial charge >= 0.3 is 7.60 Å². The van der Waals surface area contributed by atoms with Crippen LogP contribution in [0.5, 0.6) is 0 Å². The zero-order valence-corrected chi connectivity index (χ0v) is 9.20. The molecule has 1 aromatic carbocycles. The summed E-state index contributed by atoms with van der Waals surface area (Å²) < 4.78 is 16.5. The molecule has 0 bridgehead atoms. The van der Waals surface area contributed by atoms with Gasteiger partial charge in [-0.25, -0.2) is 0 Å². The molecule has 0 amide bonds. The predicted octanol–water partition coefficient (Wildman–Crippen LogP) is 2.02. The molecule has 1 unspecified atom stereocenters. The fourth-order valence-corrected chi connectivity index (χ4v) is 2.51. The third kappa shape index (κ3) is 1.97. The summed E-state index contributed by atoms with van der Waals surface area (Å²) in [5.41, 5.74) is 1.08. The Kier molecular flexibility index (Phi) is 2.65. The smallest absolute Gasteiger partial charge is 0.348 e. The Labute approximate surface area is 87.4 Å². The van der Waals surface area contributed by atoms with Crippen LogP contribution in [0.3, 0.4) is 0 Å². The van der Waals surface area contributed by atoms with E-state index >= 15 is 0 Å². The summed E-state index contributed by atoms with van der Waals surface area (Å²) >= 11 is 0. The molecule has 0 saturated carbocycles. The van der Waals surface area contributed by atoms with E-state index in [1.165, 1.54) is 0 Å². The van der Waals surface area contributed by atoms with Crippen LogP contribution in [0.25, 0.3) is 10.9 Å². The maximum absolute atomic E-state index is 11.7. The quantitative estimate of drug-likeness (QED) is 0.785.